The average molecular weight is 500 g/mol. The number of para-hydroxylation sites is 1. The molecular formula is C27H37N3O4S. The molecule has 0 radical (unpaired) electrons. The molecular weight excluding hydrogens is 462 g/mol. The van der Waals surface area contributed by atoms with Gasteiger partial charge in [-0.1, -0.05) is 74.2 Å². The minimum absolute atomic E-state index is 0.123. The van der Waals surface area contributed by atoms with Crippen molar-refractivity contribution >= 4 is 27.5 Å². The largest absolute Gasteiger partial charge is 0.352 e. The van der Waals surface area contributed by atoms with Crippen molar-refractivity contribution in [1.82, 2.24) is 10.2 Å². The lowest BCUT2D eigenvalue weighted by molar-refractivity contribution is -0.140. The first-order chi connectivity index (χ1) is 16.7. The van der Waals surface area contributed by atoms with Crippen molar-refractivity contribution in [2.24, 2.45) is 0 Å². The van der Waals surface area contributed by atoms with Gasteiger partial charge in [-0.2, -0.15) is 0 Å². The van der Waals surface area contributed by atoms with Gasteiger partial charge < -0.3 is 10.2 Å². The summed E-state index contributed by atoms with van der Waals surface area (Å²) < 4.78 is 26.3. The zero-order valence-electron chi connectivity index (χ0n) is 20.9. The van der Waals surface area contributed by atoms with Gasteiger partial charge in [0.2, 0.25) is 21.8 Å². The highest BCUT2D eigenvalue weighted by Gasteiger charge is 2.32. The third kappa shape index (κ3) is 7.56. The van der Waals surface area contributed by atoms with Gasteiger partial charge in [0, 0.05) is 12.6 Å². The fourth-order valence-electron chi connectivity index (χ4n) is 4.68. The molecule has 1 aliphatic rings. The Balaban J connectivity index is 1.89. The molecule has 0 unspecified atom stereocenters. The van der Waals surface area contributed by atoms with E-state index in [9.17, 15) is 18.0 Å². The molecule has 8 heteroatoms. The van der Waals surface area contributed by atoms with Crippen LogP contribution in [0.1, 0.15) is 56.6 Å². The Morgan fingerprint density at radius 3 is 2.31 bits per heavy atom. The maximum absolute atomic E-state index is 13.7. The summed E-state index contributed by atoms with van der Waals surface area (Å²) in [6.07, 6.45) is 6.78. The summed E-state index contributed by atoms with van der Waals surface area (Å²) in [4.78, 5) is 28.6. The summed E-state index contributed by atoms with van der Waals surface area (Å²) in [6, 6.07) is 15.8. The van der Waals surface area contributed by atoms with Gasteiger partial charge in [0.15, 0.2) is 0 Å². The van der Waals surface area contributed by atoms with Crippen molar-refractivity contribution in [2.45, 2.75) is 71.0 Å². The lowest BCUT2D eigenvalue weighted by atomic mass is 9.95. The second-order valence-electron chi connectivity index (χ2n) is 9.38. The van der Waals surface area contributed by atoms with Crippen LogP contribution in [0, 0.1) is 6.92 Å². The number of benzene rings is 2. The highest BCUT2D eigenvalue weighted by atomic mass is 32.2. The summed E-state index contributed by atoms with van der Waals surface area (Å²) in [6.45, 7) is 3.71. The fraction of sp³-hybridized carbons (Fsp3) is 0.481. The summed E-state index contributed by atoms with van der Waals surface area (Å²) in [5.41, 5.74) is 2.36. The van der Waals surface area contributed by atoms with Crippen LogP contribution in [0.15, 0.2) is 54.6 Å². The highest BCUT2D eigenvalue weighted by Crippen LogP contribution is 2.21. The topological polar surface area (TPSA) is 86.8 Å². The SMILES string of the molecule is CC[C@H](C(=O)NC1CCCCC1)N(Cc1cccc(C)c1)C(=O)CN(c1ccccc1)S(C)(=O)=O. The van der Waals surface area contributed by atoms with Gasteiger partial charge >= 0.3 is 0 Å². The van der Waals surface area contributed by atoms with Crippen molar-refractivity contribution < 1.29 is 18.0 Å². The second-order valence-corrected chi connectivity index (χ2v) is 11.3. The molecule has 1 saturated carbocycles. The van der Waals surface area contributed by atoms with Gasteiger partial charge in [-0.05, 0) is 43.9 Å². The number of anilines is 1. The van der Waals surface area contributed by atoms with Crippen LogP contribution < -0.4 is 9.62 Å². The number of aryl methyl sites for hydroxylation is 1. The smallest absolute Gasteiger partial charge is 0.244 e. The molecule has 1 atom stereocenters. The van der Waals surface area contributed by atoms with E-state index in [4.69, 9.17) is 0 Å². The van der Waals surface area contributed by atoms with Gasteiger partial charge in [-0.15, -0.1) is 0 Å². The lowest BCUT2D eigenvalue weighted by Gasteiger charge is -2.34. The molecule has 0 aliphatic heterocycles. The summed E-state index contributed by atoms with van der Waals surface area (Å²) >= 11 is 0. The van der Waals surface area contributed by atoms with Crippen molar-refractivity contribution in [3.63, 3.8) is 0 Å². The van der Waals surface area contributed by atoms with Gasteiger partial charge in [-0.3, -0.25) is 13.9 Å². The molecule has 3 rings (SSSR count). The van der Waals surface area contributed by atoms with Crippen LogP contribution in [-0.2, 0) is 26.2 Å². The Morgan fingerprint density at radius 2 is 1.71 bits per heavy atom. The number of nitrogens with zero attached hydrogens (tertiary/aromatic N) is 2. The maximum Gasteiger partial charge on any atom is 0.244 e. The number of rotatable bonds is 10. The van der Waals surface area contributed by atoms with Crippen LogP contribution in [0.25, 0.3) is 0 Å². The summed E-state index contributed by atoms with van der Waals surface area (Å²) in [5.74, 6) is -0.586. The molecule has 0 heterocycles. The predicted octanol–water partition coefficient (Wildman–Crippen LogP) is 4.02. The minimum Gasteiger partial charge on any atom is -0.352 e. The Kier molecular flexibility index (Phi) is 9.32. The average Bonchev–Trinajstić information content (AvgIpc) is 2.82. The molecule has 35 heavy (non-hydrogen) atoms. The van der Waals surface area contributed by atoms with E-state index < -0.39 is 22.0 Å². The van der Waals surface area contributed by atoms with Gasteiger partial charge in [0.25, 0.3) is 0 Å². The lowest BCUT2D eigenvalue weighted by Crippen LogP contribution is -2.53. The third-order valence-corrected chi connectivity index (χ3v) is 7.64. The Labute approximate surface area is 209 Å². The summed E-state index contributed by atoms with van der Waals surface area (Å²) in [5, 5.41) is 3.15. The van der Waals surface area contributed by atoms with Crippen LogP contribution in [0.2, 0.25) is 0 Å². The standard InChI is InChI=1S/C27H37N3O4S/c1-4-25(27(32)28-23-14-7-5-8-15-23)29(19-22-13-11-12-21(2)18-22)26(31)20-30(35(3,33)34)24-16-9-6-10-17-24/h6,9-13,16-18,23,25H,4-5,7-8,14-15,19-20H2,1-3H3,(H,28,32)/t25-/m1/s1. The highest BCUT2D eigenvalue weighted by molar-refractivity contribution is 7.92. The molecule has 2 aromatic carbocycles. The first-order valence-electron chi connectivity index (χ1n) is 12.4. The number of hydrogen-bond donors (Lipinski definition) is 1. The van der Waals surface area contributed by atoms with E-state index in [1.54, 1.807) is 30.3 Å². The Hall–Kier alpha value is -2.87. The van der Waals surface area contributed by atoms with Crippen molar-refractivity contribution in [1.29, 1.82) is 0 Å². The Bertz CT molecular complexity index is 1100. The number of carbonyl (C=O) groups is 2. The molecule has 1 N–H and O–H groups in total. The molecule has 7 nitrogen and oxygen atoms in total. The zero-order chi connectivity index (χ0) is 25.4. The quantitative estimate of drug-likeness (QED) is 0.535. The van der Waals surface area contributed by atoms with Gasteiger partial charge in [0.05, 0.1) is 11.9 Å². The number of hydrogen-bond acceptors (Lipinski definition) is 4. The van der Waals surface area contributed by atoms with Crippen molar-refractivity contribution in [3.05, 3.63) is 65.7 Å². The van der Waals surface area contributed by atoms with Crippen LogP contribution in [0.3, 0.4) is 0 Å². The first kappa shape index (κ1) is 26.7. The Morgan fingerprint density at radius 1 is 1.03 bits per heavy atom. The van der Waals surface area contributed by atoms with E-state index in [2.05, 4.69) is 5.32 Å². The van der Waals surface area contributed by atoms with Crippen molar-refractivity contribution in [3.8, 4) is 0 Å². The number of sulfonamides is 1. The molecule has 0 aromatic heterocycles. The molecule has 0 spiro atoms. The number of amides is 2. The van der Waals surface area contributed by atoms with E-state index in [1.165, 1.54) is 11.3 Å². The van der Waals surface area contributed by atoms with E-state index in [1.807, 2.05) is 38.1 Å². The third-order valence-electron chi connectivity index (χ3n) is 6.50. The normalized spacial score (nSPS) is 15.3. The van der Waals surface area contributed by atoms with E-state index >= 15 is 0 Å². The maximum atomic E-state index is 13.7. The van der Waals surface area contributed by atoms with E-state index in [0.29, 0.717) is 12.1 Å². The zero-order valence-corrected chi connectivity index (χ0v) is 21.8. The molecule has 1 fully saturated rings. The van der Waals surface area contributed by atoms with Crippen molar-refractivity contribution in [2.75, 3.05) is 17.1 Å². The monoisotopic (exact) mass is 499 g/mol. The number of carbonyl (C=O) groups excluding carboxylic acids is 2. The predicted molar refractivity (Wildman–Crippen MR) is 139 cm³/mol. The van der Waals surface area contributed by atoms with Gasteiger partial charge in [0.1, 0.15) is 12.6 Å². The van der Waals surface area contributed by atoms with Crippen LogP contribution in [0.4, 0.5) is 5.69 Å². The van der Waals surface area contributed by atoms with Crippen LogP contribution in [-0.4, -0.2) is 50.0 Å². The van der Waals surface area contributed by atoms with Crippen LogP contribution >= 0.6 is 0 Å². The molecule has 190 valence electrons. The molecule has 1 aliphatic carbocycles. The molecule has 2 amide bonds. The first-order valence-corrected chi connectivity index (χ1v) is 14.2. The molecule has 0 bridgehead atoms. The van der Waals surface area contributed by atoms with Crippen LogP contribution in [0.5, 0.6) is 0 Å². The fourth-order valence-corrected chi connectivity index (χ4v) is 5.53. The second kappa shape index (κ2) is 12.2. The number of nitrogens with one attached hydrogen (secondary N) is 1. The van der Waals surface area contributed by atoms with E-state index in [-0.39, 0.29) is 25.0 Å². The van der Waals surface area contributed by atoms with E-state index in [0.717, 1.165) is 47.4 Å². The molecule has 2 aromatic rings. The minimum atomic E-state index is -3.72. The van der Waals surface area contributed by atoms with Gasteiger partial charge in [-0.25, -0.2) is 8.42 Å². The summed E-state index contributed by atoms with van der Waals surface area (Å²) in [7, 11) is -3.72. The molecule has 0 saturated heterocycles.